The van der Waals surface area contributed by atoms with Crippen molar-refractivity contribution in [1.29, 1.82) is 0 Å². The predicted molar refractivity (Wildman–Crippen MR) is 105 cm³/mol. The molecule has 132 valence electrons. The first kappa shape index (κ1) is 16.7. The van der Waals surface area contributed by atoms with E-state index < -0.39 is 0 Å². The molecule has 2 aromatic heterocycles. The smallest absolute Gasteiger partial charge is 0.274 e. The summed E-state index contributed by atoms with van der Waals surface area (Å²) in [5, 5.41) is 7.05. The Balaban J connectivity index is 1.50. The molecule has 2 aromatic carbocycles. The Morgan fingerprint density at radius 1 is 0.889 bits per heavy atom. The second-order valence-corrected chi connectivity index (χ2v) is 5.96. The van der Waals surface area contributed by atoms with E-state index in [-0.39, 0.29) is 11.6 Å². The highest BCUT2D eigenvalue weighted by Gasteiger charge is 2.11. The number of hydrogen-bond donors (Lipinski definition) is 2. The summed E-state index contributed by atoms with van der Waals surface area (Å²) in [6.45, 7) is 0.617. The molecule has 0 bridgehead atoms. The summed E-state index contributed by atoms with van der Waals surface area (Å²) in [6, 6.07) is 21.1. The zero-order valence-corrected chi connectivity index (χ0v) is 14.5. The molecule has 0 aliphatic rings. The number of para-hydroxylation sites is 1. The molecule has 1 amide bonds. The number of rotatable bonds is 5. The maximum Gasteiger partial charge on any atom is 0.274 e. The standard InChI is InChI=1S/C21H17N5O/c27-21(26-17-10-4-8-16-9-5-11-22-20(16)17)18-12-19(25-14-24-18)23-13-15-6-2-1-3-7-15/h1-12,14H,13H2,(H,26,27)(H,23,24,25). The number of carbonyl (C=O) groups excluding carboxylic acids is 1. The van der Waals surface area contributed by atoms with Crippen LogP contribution in [-0.4, -0.2) is 20.9 Å². The first-order valence-corrected chi connectivity index (χ1v) is 8.54. The summed E-state index contributed by atoms with van der Waals surface area (Å²) in [4.78, 5) is 25.2. The molecule has 0 aliphatic carbocycles. The molecule has 0 saturated carbocycles. The fourth-order valence-corrected chi connectivity index (χ4v) is 2.76. The van der Waals surface area contributed by atoms with Gasteiger partial charge in [-0.3, -0.25) is 9.78 Å². The number of fused-ring (bicyclic) bond motifs is 1. The van der Waals surface area contributed by atoms with Crippen LogP contribution in [0, 0.1) is 0 Å². The lowest BCUT2D eigenvalue weighted by molar-refractivity contribution is 0.102. The fraction of sp³-hybridized carbons (Fsp3) is 0.0476. The van der Waals surface area contributed by atoms with Gasteiger partial charge in [-0.15, -0.1) is 0 Å². The largest absolute Gasteiger partial charge is 0.366 e. The predicted octanol–water partition coefficient (Wildman–Crippen LogP) is 3.89. The zero-order chi connectivity index (χ0) is 18.5. The van der Waals surface area contributed by atoms with Crippen LogP contribution in [0.4, 0.5) is 11.5 Å². The fourth-order valence-electron chi connectivity index (χ4n) is 2.76. The van der Waals surface area contributed by atoms with Gasteiger partial charge < -0.3 is 10.6 Å². The average Bonchev–Trinajstić information content (AvgIpc) is 2.73. The molecule has 0 atom stereocenters. The van der Waals surface area contributed by atoms with Crippen LogP contribution >= 0.6 is 0 Å². The van der Waals surface area contributed by atoms with Crippen molar-refractivity contribution in [2.75, 3.05) is 10.6 Å². The van der Waals surface area contributed by atoms with E-state index in [2.05, 4.69) is 25.6 Å². The molecule has 6 heteroatoms. The van der Waals surface area contributed by atoms with Crippen LogP contribution in [0.1, 0.15) is 16.1 Å². The van der Waals surface area contributed by atoms with E-state index in [0.717, 1.165) is 16.5 Å². The van der Waals surface area contributed by atoms with Gasteiger partial charge in [0.1, 0.15) is 17.8 Å². The third-order valence-electron chi connectivity index (χ3n) is 4.10. The molecule has 2 heterocycles. The van der Waals surface area contributed by atoms with Gasteiger partial charge in [-0.2, -0.15) is 0 Å². The summed E-state index contributed by atoms with van der Waals surface area (Å²) < 4.78 is 0. The van der Waals surface area contributed by atoms with Crippen LogP contribution < -0.4 is 10.6 Å². The van der Waals surface area contributed by atoms with Gasteiger partial charge >= 0.3 is 0 Å². The van der Waals surface area contributed by atoms with Crippen LogP contribution in [0.25, 0.3) is 10.9 Å². The molecule has 0 saturated heterocycles. The Hall–Kier alpha value is -3.80. The Bertz CT molecular complexity index is 1080. The maximum atomic E-state index is 12.6. The molecule has 0 aliphatic heterocycles. The Labute approximate surface area is 156 Å². The number of pyridine rings is 1. The van der Waals surface area contributed by atoms with Crippen molar-refractivity contribution in [2.24, 2.45) is 0 Å². The van der Waals surface area contributed by atoms with Crippen LogP contribution in [0.15, 0.2) is 79.3 Å². The molecular formula is C21H17N5O. The summed E-state index contributed by atoms with van der Waals surface area (Å²) in [6.07, 6.45) is 3.08. The highest BCUT2D eigenvalue weighted by atomic mass is 16.1. The van der Waals surface area contributed by atoms with Gasteiger partial charge in [-0.1, -0.05) is 48.5 Å². The van der Waals surface area contributed by atoms with E-state index in [1.807, 2.05) is 60.7 Å². The number of nitrogens with one attached hydrogen (secondary N) is 2. The third kappa shape index (κ3) is 3.90. The quantitative estimate of drug-likeness (QED) is 0.568. The summed E-state index contributed by atoms with van der Waals surface area (Å²) in [5.74, 6) is 0.286. The number of aromatic nitrogens is 3. The molecule has 4 aromatic rings. The third-order valence-corrected chi connectivity index (χ3v) is 4.10. The van der Waals surface area contributed by atoms with E-state index in [1.54, 1.807) is 12.3 Å². The van der Waals surface area contributed by atoms with E-state index in [0.29, 0.717) is 18.1 Å². The van der Waals surface area contributed by atoms with E-state index >= 15 is 0 Å². The van der Waals surface area contributed by atoms with Crippen molar-refractivity contribution in [2.45, 2.75) is 6.54 Å². The lowest BCUT2D eigenvalue weighted by Crippen LogP contribution is -2.15. The highest BCUT2D eigenvalue weighted by molar-refractivity contribution is 6.07. The average molecular weight is 355 g/mol. The van der Waals surface area contributed by atoms with E-state index in [4.69, 9.17) is 0 Å². The number of anilines is 2. The second kappa shape index (κ2) is 7.61. The topological polar surface area (TPSA) is 79.8 Å². The van der Waals surface area contributed by atoms with Crippen molar-refractivity contribution in [3.05, 3.63) is 90.5 Å². The lowest BCUT2D eigenvalue weighted by atomic mass is 10.2. The van der Waals surface area contributed by atoms with Gasteiger partial charge in [-0.25, -0.2) is 9.97 Å². The number of nitrogens with zero attached hydrogens (tertiary/aromatic N) is 3. The molecule has 2 N–H and O–H groups in total. The van der Waals surface area contributed by atoms with Crippen molar-refractivity contribution in [3.63, 3.8) is 0 Å². The normalized spacial score (nSPS) is 10.5. The van der Waals surface area contributed by atoms with Gasteiger partial charge in [0.05, 0.1) is 11.2 Å². The van der Waals surface area contributed by atoms with Gasteiger partial charge in [0.25, 0.3) is 5.91 Å². The highest BCUT2D eigenvalue weighted by Crippen LogP contribution is 2.21. The molecule has 0 unspecified atom stereocenters. The molecule has 27 heavy (non-hydrogen) atoms. The summed E-state index contributed by atoms with van der Waals surface area (Å²) in [5.41, 5.74) is 2.80. The van der Waals surface area contributed by atoms with Crippen LogP contribution in [-0.2, 0) is 6.54 Å². The minimum Gasteiger partial charge on any atom is -0.366 e. The lowest BCUT2D eigenvalue weighted by Gasteiger charge is -2.09. The monoisotopic (exact) mass is 355 g/mol. The van der Waals surface area contributed by atoms with Crippen molar-refractivity contribution >= 4 is 28.3 Å². The number of benzene rings is 2. The minimum atomic E-state index is -0.307. The SMILES string of the molecule is O=C(Nc1cccc2cccnc12)c1cc(NCc2ccccc2)ncn1. The van der Waals surface area contributed by atoms with Gasteiger partial charge in [0.2, 0.25) is 0 Å². The molecular weight excluding hydrogens is 338 g/mol. The second-order valence-electron chi connectivity index (χ2n) is 5.96. The van der Waals surface area contributed by atoms with Crippen molar-refractivity contribution in [3.8, 4) is 0 Å². The maximum absolute atomic E-state index is 12.6. The zero-order valence-electron chi connectivity index (χ0n) is 14.5. The summed E-state index contributed by atoms with van der Waals surface area (Å²) >= 11 is 0. The van der Waals surface area contributed by atoms with Gasteiger partial charge in [0.15, 0.2) is 0 Å². The number of hydrogen-bond acceptors (Lipinski definition) is 5. The number of carbonyl (C=O) groups is 1. The van der Waals surface area contributed by atoms with Crippen LogP contribution in [0.3, 0.4) is 0 Å². The Morgan fingerprint density at radius 2 is 1.74 bits per heavy atom. The van der Waals surface area contributed by atoms with Gasteiger partial charge in [-0.05, 0) is 17.7 Å². The Morgan fingerprint density at radius 3 is 2.63 bits per heavy atom. The van der Waals surface area contributed by atoms with Crippen molar-refractivity contribution < 1.29 is 4.79 Å². The van der Waals surface area contributed by atoms with Crippen LogP contribution in [0.5, 0.6) is 0 Å². The Kier molecular flexibility index (Phi) is 4.70. The molecule has 0 spiro atoms. The van der Waals surface area contributed by atoms with E-state index in [9.17, 15) is 4.79 Å². The van der Waals surface area contributed by atoms with Gasteiger partial charge in [0, 0.05) is 24.2 Å². The number of amides is 1. The van der Waals surface area contributed by atoms with Crippen molar-refractivity contribution in [1.82, 2.24) is 15.0 Å². The van der Waals surface area contributed by atoms with E-state index in [1.165, 1.54) is 6.33 Å². The first-order valence-electron chi connectivity index (χ1n) is 8.54. The molecule has 0 radical (unpaired) electrons. The van der Waals surface area contributed by atoms with Crippen LogP contribution in [0.2, 0.25) is 0 Å². The molecule has 6 nitrogen and oxygen atoms in total. The molecule has 4 rings (SSSR count). The first-order chi connectivity index (χ1) is 13.3. The molecule has 0 fully saturated rings. The summed E-state index contributed by atoms with van der Waals surface area (Å²) in [7, 11) is 0. The minimum absolute atomic E-state index is 0.286.